The predicted octanol–water partition coefficient (Wildman–Crippen LogP) is 0.0948. The van der Waals surface area contributed by atoms with E-state index in [2.05, 4.69) is 0 Å². The molecule has 1 aliphatic heterocycles. The molecular formula is C10H20N2O2S. The molecule has 0 aromatic heterocycles. The molecule has 2 atom stereocenters. The summed E-state index contributed by atoms with van der Waals surface area (Å²) in [5, 5.41) is -0.366. The molecule has 0 aromatic carbocycles. The third kappa shape index (κ3) is 3.57. The Labute approximate surface area is 93.7 Å². The van der Waals surface area contributed by atoms with Gasteiger partial charge in [0.1, 0.15) is 5.25 Å². The Morgan fingerprint density at radius 3 is 2.60 bits per heavy atom. The molecule has 2 unspecified atom stereocenters. The SMILES string of the molecule is CC(C(=O)N1CCCC1)S(=O)CCCN. The summed E-state index contributed by atoms with van der Waals surface area (Å²) in [6.45, 7) is 3.96. The summed E-state index contributed by atoms with van der Waals surface area (Å²) in [6.07, 6.45) is 2.88. The van der Waals surface area contributed by atoms with Crippen LogP contribution in [0.15, 0.2) is 0 Å². The van der Waals surface area contributed by atoms with Crippen molar-refractivity contribution in [2.75, 3.05) is 25.4 Å². The highest BCUT2D eigenvalue weighted by Crippen LogP contribution is 2.11. The molecule has 0 saturated carbocycles. The van der Waals surface area contributed by atoms with Crippen molar-refractivity contribution in [3.8, 4) is 0 Å². The molecule has 0 radical (unpaired) electrons. The Morgan fingerprint density at radius 1 is 1.47 bits per heavy atom. The Balaban J connectivity index is 2.40. The van der Waals surface area contributed by atoms with Crippen molar-refractivity contribution in [1.29, 1.82) is 0 Å². The van der Waals surface area contributed by atoms with Crippen LogP contribution in [0.1, 0.15) is 26.2 Å². The van der Waals surface area contributed by atoms with Crippen LogP contribution in [-0.4, -0.2) is 45.7 Å². The predicted molar refractivity (Wildman–Crippen MR) is 62.0 cm³/mol. The lowest BCUT2D eigenvalue weighted by Gasteiger charge is -2.19. The number of nitrogens with two attached hydrogens (primary N) is 1. The topological polar surface area (TPSA) is 63.4 Å². The van der Waals surface area contributed by atoms with Crippen molar-refractivity contribution in [2.24, 2.45) is 5.73 Å². The van der Waals surface area contributed by atoms with E-state index in [4.69, 9.17) is 5.73 Å². The molecule has 1 fully saturated rings. The van der Waals surface area contributed by atoms with Crippen LogP contribution < -0.4 is 5.73 Å². The maximum atomic E-state index is 11.9. The number of rotatable bonds is 5. The number of hydrogen-bond acceptors (Lipinski definition) is 3. The number of carbonyl (C=O) groups is 1. The van der Waals surface area contributed by atoms with Gasteiger partial charge in [-0.2, -0.15) is 0 Å². The Hall–Kier alpha value is -0.420. The van der Waals surface area contributed by atoms with Gasteiger partial charge in [0.25, 0.3) is 0 Å². The number of nitrogens with zero attached hydrogens (tertiary/aromatic N) is 1. The fourth-order valence-electron chi connectivity index (χ4n) is 1.71. The van der Waals surface area contributed by atoms with Crippen molar-refractivity contribution in [2.45, 2.75) is 31.4 Å². The zero-order valence-electron chi connectivity index (χ0n) is 9.28. The lowest BCUT2D eigenvalue weighted by molar-refractivity contribution is -0.129. The first-order valence-corrected chi connectivity index (χ1v) is 6.91. The van der Waals surface area contributed by atoms with E-state index in [1.54, 1.807) is 6.92 Å². The molecule has 88 valence electrons. The fourth-order valence-corrected chi connectivity index (χ4v) is 2.89. The van der Waals surface area contributed by atoms with Gasteiger partial charge in [0.2, 0.25) is 5.91 Å². The van der Waals surface area contributed by atoms with Crippen molar-refractivity contribution >= 4 is 16.7 Å². The van der Waals surface area contributed by atoms with Gasteiger partial charge in [-0.3, -0.25) is 9.00 Å². The largest absolute Gasteiger partial charge is 0.342 e. The molecule has 0 aromatic rings. The molecule has 0 bridgehead atoms. The first-order valence-electron chi connectivity index (χ1n) is 5.53. The third-order valence-electron chi connectivity index (χ3n) is 2.71. The summed E-state index contributed by atoms with van der Waals surface area (Å²) >= 11 is 0. The van der Waals surface area contributed by atoms with Crippen LogP contribution in [0.25, 0.3) is 0 Å². The molecule has 15 heavy (non-hydrogen) atoms. The molecule has 4 nitrogen and oxygen atoms in total. The summed E-state index contributed by atoms with van der Waals surface area (Å²) in [7, 11) is -1.06. The number of amides is 1. The minimum atomic E-state index is -1.06. The van der Waals surface area contributed by atoms with E-state index in [1.807, 2.05) is 4.90 Å². The molecule has 1 aliphatic rings. The quantitative estimate of drug-likeness (QED) is 0.731. The first kappa shape index (κ1) is 12.6. The van der Waals surface area contributed by atoms with E-state index >= 15 is 0 Å². The van der Waals surface area contributed by atoms with E-state index in [9.17, 15) is 9.00 Å². The minimum absolute atomic E-state index is 0.0443. The molecule has 0 aliphatic carbocycles. The highest BCUT2D eigenvalue weighted by molar-refractivity contribution is 7.86. The molecule has 1 rings (SSSR count). The van der Waals surface area contributed by atoms with Crippen LogP contribution in [0.5, 0.6) is 0 Å². The lowest BCUT2D eigenvalue weighted by atomic mass is 10.4. The Bertz CT molecular complexity index is 240. The lowest BCUT2D eigenvalue weighted by Crippen LogP contribution is -2.38. The van der Waals surface area contributed by atoms with E-state index < -0.39 is 10.8 Å². The zero-order chi connectivity index (χ0) is 11.3. The molecule has 2 N–H and O–H groups in total. The Kier molecular flexibility index (Phi) is 5.25. The van der Waals surface area contributed by atoms with Gasteiger partial charge in [-0.05, 0) is 32.7 Å². The van der Waals surface area contributed by atoms with E-state index in [-0.39, 0.29) is 11.2 Å². The monoisotopic (exact) mass is 232 g/mol. The number of hydrogen-bond donors (Lipinski definition) is 1. The molecule has 1 amide bonds. The maximum Gasteiger partial charge on any atom is 0.238 e. The summed E-state index contributed by atoms with van der Waals surface area (Å²) in [4.78, 5) is 13.7. The third-order valence-corrected chi connectivity index (χ3v) is 4.39. The van der Waals surface area contributed by atoms with E-state index in [0.717, 1.165) is 32.4 Å². The van der Waals surface area contributed by atoms with Crippen molar-refractivity contribution in [3.05, 3.63) is 0 Å². The summed E-state index contributed by atoms with van der Waals surface area (Å²) < 4.78 is 11.7. The smallest absolute Gasteiger partial charge is 0.238 e. The average molecular weight is 232 g/mol. The van der Waals surface area contributed by atoms with Gasteiger partial charge in [-0.1, -0.05) is 0 Å². The molecule has 0 spiro atoms. The second-order valence-corrected chi connectivity index (χ2v) is 5.78. The molecular weight excluding hydrogens is 212 g/mol. The number of likely N-dealkylation sites (tertiary alicyclic amines) is 1. The minimum Gasteiger partial charge on any atom is -0.342 e. The Morgan fingerprint density at radius 2 is 2.07 bits per heavy atom. The average Bonchev–Trinajstić information content (AvgIpc) is 2.77. The van der Waals surface area contributed by atoms with Crippen molar-refractivity contribution < 1.29 is 9.00 Å². The van der Waals surface area contributed by atoms with Crippen LogP contribution in [-0.2, 0) is 15.6 Å². The first-order chi connectivity index (χ1) is 7.16. The second kappa shape index (κ2) is 6.23. The van der Waals surface area contributed by atoms with Crippen molar-refractivity contribution in [3.63, 3.8) is 0 Å². The molecule has 1 heterocycles. The normalized spacial score (nSPS) is 20.3. The molecule has 5 heteroatoms. The van der Waals surface area contributed by atoms with Gasteiger partial charge in [-0.25, -0.2) is 0 Å². The van der Waals surface area contributed by atoms with E-state index in [1.165, 1.54) is 0 Å². The van der Waals surface area contributed by atoms with Crippen LogP contribution in [0.4, 0.5) is 0 Å². The zero-order valence-corrected chi connectivity index (χ0v) is 10.1. The summed E-state index contributed by atoms with van der Waals surface area (Å²) in [5.74, 6) is 0.583. The summed E-state index contributed by atoms with van der Waals surface area (Å²) in [5.41, 5.74) is 5.35. The molecule has 1 saturated heterocycles. The highest BCUT2D eigenvalue weighted by Gasteiger charge is 2.26. The van der Waals surface area contributed by atoms with Gasteiger partial charge in [0, 0.05) is 29.6 Å². The fraction of sp³-hybridized carbons (Fsp3) is 0.900. The van der Waals surface area contributed by atoms with Gasteiger partial charge in [0.15, 0.2) is 0 Å². The van der Waals surface area contributed by atoms with Gasteiger partial charge in [-0.15, -0.1) is 0 Å². The van der Waals surface area contributed by atoms with Crippen LogP contribution in [0.3, 0.4) is 0 Å². The standard InChI is InChI=1S/C10H20N2O2S/c1-9(15(14)8-4-5-11)10(13)12-6-2-3-7-12/h9H,2-8,11H2,1H3. The van der Waals surface area contributed by atoms with Gasteiger partial charge in [0.05, 0.1) is 0 Å². The highest BCUT2D eigenvalue weighted by atomic mass is 32.2. The maximum absolute atomic E-state index is 11.9. The number of carbonyl (C=O) groups excluding carboxylic acids is 1. The van der Waals surface area contributed by atoms with Gasteiger partial charge >= 0.3 is 0 Å². The van der Waals surface area contributed by atoms with Crippen molar-refractivity contribution in [1.82, 2.24) is 4.90 Å². The second-order valence-electron chi connectivity index (χ2n) is 3.90. The van der Waals surface area contributed by atoms with Gasteiger partial charge < -0.3 is 10.6 Å². The van der Waals surface area contributed by atoms with Crippen LogP contribution >= 0.6 is 0 Å². The van der Waals surface area contributed by atoms with E-state index in [0.29, 0.717) is 12.3 Å². The summed E-state index contributed by atoms with van der Waals surface area (Å²) in [6, 6.07) is 0. The van der Waals surface area contributed by atoms with Crippen LogP contribution in [0, 0.1) is 0 Å². The van der Waals surface area contributed by atoms with Crippen LogP contribution in [0.2, 0.25) is 0 Å².